The number of fused-ring (bicyclic) bond motifs is 5. The van der Waals surface area contributed by atoms with Gasteiger partial charge in [0.25, 0.3) is 22.2 Å². The summed E-state index contributed by atoms with van der Waals surface area (Å²) in [6, 6.07) is 6.05. The maximum Gasteiger partial charge on any atom is 0.262 e. The maximum absolute atomic E-state index is 12.8. The highest BCUT2D eigenvalue weighted by Crippen LogP contribution is 2.26. The van der Waals surface area contributed by atoms with Crippen molar-refractivity contribution in [3.8, 4) is 0 Å². The predicted molar refractivity (Wildman–Crippen MR) is 106 cm³/mol. The van der Waals surface area contributed by atoms with Gasteiger partial charge in [0, 0.05) is 0 Å². The van der Waals surface area contributed by atoms with Crippen molar-refractivity contribution in [3.05, 3.63) is 65.7 Å². The predicted octanol–water partition coefficient (Wildman–Crippen LogP) is -0.173. The minimum atomic E-state index is -0.869. The fourth-order valence-electron chi connectivity index (χ4n) is 3.83. The van der Waals surface area contributed by atoms with Gasteiger partial charge in [-0.3, -0.25) is 28.3 Å². The van der Waals surface area contributed by atoms with Gasteiger partial charge in [0.1, 0.15) is 0 Å². The Balaban J connectivity index is 2.15. The Morgan fingerprint density at radius 1 is 0.643 bits per heavy atom. The highest BCUT2D eigenvalue weighted by Gasteiger charge is 2.21. The van der Waals surface area contributed by atoms with Crippen LogP contribution < -0.4 is 22.2 Å². The van der Waals surface area contributed by atoms with Gasteiger partial charge in [0.05, 0.1) is 46.8 Å². The van der Waals surface area contributed by atoms with E-state index in [1.165, 1.54) is 26.0 Å². The Kier molecular flexibility index (Phi) is 4.06. The lowest BCUT2D eigenvalue weighted by Gasteiger charge is -2.02. The zero-order valence-electron chi connectivity index (χ0n) is 15.3. The van der Waals surface area contributed by atoms with Crippen molar-refractivity contribution < 1.29 is 10.2 Å². The number of aliphatic hydroxyl groups excluding tert-OH is 2. The van der Waals surface area contributed by atoms with E-state index in [0.29, 0.717) is 10.8 Å². The molecule has 2 aromatic carbocycles. The normalized spacial score (nSPS) is 14.3. The lowest BCUT2D eigenvalue weighted by Crippen LogP contribution is -2.30. The largest absolute Gasteiger partial charge is 0.392 e. The average Bonchev–Trinajstić information content (AvgIpc) is 3.02. The Morgan fingerprint density at radius 2 is 0.964 bits per heavy atom. The summed E-state index contributed by atoms with van der Waals surface area (Å²) in [6.45, 7) is 2.71. The van der Waals surface area contributed by atoms with E-state index in [4.69, 9.17) is 0 Å². The molecule has 2 aromatic heterocycles. The standard InChI is InChI=1S/C20H18N2O6/c1-9(23)7-21-17(25)13-5-3-12-11(15(13)19(21)27)4-6-14-16(12)20(28)22(18(14)26)8-10(2)24/h3-6,9-10,23-24H,7-8H2,1-2H3/t9-,10-/m1/s1. The van der Waals surface area contributed by atoms with Gasteiger partial charge in [-0.1, -0.05) is 12.1 Å². The lowest BCUT2D eigenvalue weighted by molar-refractivity contribution is 0.171. The zero-order valence-corrected chi connectivity index (χ0v) is 15.3. The van der Waals surface area contributed by atoms with E-state index in [1.54, 1.807) is 12.1 Å². The molecular weight excluding hydrogens is 364 g/mol. The number of hydrogen-bond acceptors (Lipinski definition) is 6. The van der Waals surface area contributed by atoms with Gasteiger partial charge in [0.2, 0.25) is 0 Å². The number of nitrogens with zero attached hydrogens (tertiary/aromatic N) is 2. The second kappa shape index (κ2) is 6.22. The van der Waals surface area contributed by atoms with E-state index in [1.807, 2.05) is 0 Å². The first-order chi connectivity index (χ1) is 13.2. The van der Waals surface area contributed by atoms with Crippen molar-refractivity contribution in [1.82, 2.24) is 9.13 Å². The van der Waals surface area contributed by atoms with Crippen LogP contribution in [-0.2, 0) is 13.1 Å². The number of aromatic nitrogens is 2. The van der Waals surface area contributed by atoms with Crippen LogP contribution in [-0.4, -0.2) is 31.6 Å². The number of hydrogen-bond donors (Lipinski definition) is 2. The highest BCUT2D eigenvalue weighted by atomic mass is 16.3. The molecule has 0 amide bonds. The summed E-state index contributed by atoms with van der Waals surface area (Å²) in [5.74, 6) is 0. The summed E-state index contributed by atoms with van der Waals surface area (Å²) in [5, 5.41) is 20.7. The van der Waals surface area contributed by atoms with E-state index < -0.39 is 34.4 Å². The molecule has 0 unspecified atom stereocenters. The average molecular weight is 382 g/mol. The Labute approximate surface area is 157 Å². The third-order valence-electron chi connectivity index (χ3n) is 4.96. The highest BCUT2D eigenvalue weighted by molar-refractivity contribution is 6.17. The summed E-state index contributed by atoms with van der Waals surface area (Å²) < 4.78 is 1.96. The zero-order chi connectivity index (χ0) is 20.3. The van der Waals surface area contributed by atoms with Crippen molar-refractivity contribution in [2.45, 2.75) is 39.1 Å². The quantitative estimate of drug-likeness (QED) is 0.506. The smallest absolute Gasteiger partial charge is 0.262 e. The monoisotopic (exact) mass is 382 g/mol. The number of rotatable bonds is 4. The van der Waals surface area contributed by atoms with Crippen LogP contribution in [0.4, 0.5) is 0 Å². The summed E-state index contributed by atoms with van der Waals surface area (Å²) in [6.07, 6.45) is -1.74. The van der Waals surface area contributed by atoms with Crippen molar-refractivity contribution in [2.24, 2.45) is 0 Å². The van der Waals surface area contributed by atoms with Gasteiger partial charge in [-0.25, -0.2) is 0 Å². The molecule has 0 spiro atoms. The molecule has 8 heteroatoms. The van der Waals surface area contributed by atoms with Crippen LogP contribution >= 0.6 is 0 Å². The molecule has 0 radical (unpaired) electrons. The summed E-state index contributed by atoms with van der Waals surface area (Å²) in [4.78, 5) is 50.7. The van der Waals surface area contributed by atoms with E-state index >= 15 is 0 Å². The van der Waals surface area contributed by atoms with Crippen LogP contribution in [0, 0.1) is 0 Å². The molecule has 0 aliphatic heterocycles. The topological polar surface area (TPSA) is 119 Å². The first-order valence-electron chi connectivity index (χ1n) is 8.90. The van der Waals surface area contributed by atoms with Gasteiger partial charge in [0.15, 0.2) is 0 Å². The van der Waals surface area contributed by atoms with E-state index in [9.17, 15) is 29.4 Å². The molecule has 2 heterocycles. The summed E-state index contributed by atoms with van der Waals surface area (Å²) >= 11 is 0. The molecule has 0 aliphatic carbocycles. The van der Waals surface area contributed by atoms with Crippen molar-refractivity contribution in [3.63, 3.8) is 0 Å². The van der Waals surface area contributed by atoms with Crippen molar-refractivity contribution >= 4 is 32.3 Å². The lowest BCUT2D eigenvalue weighted by atomic mass is 10.0. The van der Waals surface area contributed by atoms with Crippen molar-refractivity contribution in [2.75, 3.05) is 0 Å². The fraction of sp³-hybridized carbons (Fsp3) is 0.300. The molecule has 4 rings (SSSR count). The second-order valence-electron chi connectivity index (χ2n) is 7.21. The first-order valence-corrected chi connectivity index (χ1v) is 8.90. The molecule has 8 nitrogen and oxygen atoms in total. The van der Waals surface area contributed by atoms with Gasteiger partial charge in [-0.05, 0) is 36.8 Å². The first kappa shape index (κ1) is 18.3. The maximum atomic E-state index is 12.8. The van der Waals surface area contributed by atoms with E-state index in [0.717, 1.165) is 9.13 Å². The van der Waals surface area contributed by atoms with Gasteiger partial charge in [-0.2, -0.15) is 0 Å². The van der Waals surface area contributed by atoms with Crippen LogP contribution in [0.3, 0.4) is 0 Å². The van der Waals surface area contributed by atoms with E-state index in [2.05, 4.69) is 0 Å². The molecule has 0 aliphatic rings. The van der Waals surface area contributed by atoms with Crippen LogP contribution in [0.25, 0.3) is 32.3 Å². The van der Waals surface area contributed by atoms with Gasteiger partial charge >= 0.3 is 0 Å². The molecule has 0 saturated carbocycles. The minimum absolute atomic E-state index is 0.127. The SMILES string of the molecule is C[C@@H](O)Cn1c(=O)c2ccc3c(ccc4c(=O)n(C[C@@H](C)O)c(=O)c43)c2c1=O. The molecule has 2 atom stereocenters. The minimum Gasteiger partial charge on any atom is -0.392 e. The summed E-state index contributed by atoms with van der Waals surface area (Å²) in [7, 11) is 0. The fourth-order valence-corrected chi connectivity index (χ4v) is 3.83. The Bertz CT molecular complexity index is 1340. The third-order valence-corrected chi connectivity index (χ3v) is 4.96. The Hall–Kier alpha value is -3.10. The molecule has 144 valence electrons. The second-order valence-corrected chi connectivity index (χ2v) is 7.21. The summed E-state index contributed by atoms with van der Waals surface area (Å²) in [5.41, 5.74) is -2.07. The van der Waals surface area contributed by atoms with Crippen LogP contribution in [0.15, 0.2) is 43.4 Å². The number of aliphatic hydroxyl groups is 2. The van der Waals surface area contributed by atoms with Crippen LogP contribution in [0.5, 0.6) is 0 Å². The molecule has 4 aromatic rings. The molecule has 0 bridgehead atoms. The van der Waals surface area contributed by atoms with Crippen LogP contribution in [0.2, 0.25) is 0 Å². The molecule has 2 N–H and O–H groups in total. The molecule has 0 saturated heterocycles. The Morgan fingerprint density at radius 3 is 1.29 bits per heavy atom. The third kappa shape index (κ3) is 2.45. The molecule has 28 heavy (non-hydrogen) atoms. The van der Waals surface area contributed by atoms with Crippen molar-refractivity contribution in [1.29, 1.82) is 0 Å². The number of benzene rings is 2. The van der Waals surface area contributed by atoms with Crippen LogP contribution in [0.1, 0.15) is 13.8 Å². The van der Waals surface area contributed by atoms with Gasteiger partial charge < -0.3 is 10.2 Å². The molecule has 0 fully saturated rings. The van der Waals surface area contributed by atoms with E-state index in [-0.39, 0.29) is 34.6 Å². The molecular formula is C20H18N2O6. The van der Waals surface area contributed by atoms with Gasteiger partial charge in [-0.15, -0.1) is 0 Å².